The van der Waals surface area contributed by atoms with Gasteiger partial charge in [0.1, 0.15) is 6.04 Å². The molecule has 0 aromatic heterocycles. The summed E-state index contributed by atoms with van der Waals surface area (Å²) in [5.74, 6) is 0.386. The molecule has 0 radical (unpaired) electrons. The van der Waals surface area contributed by atoms with Crippen molar-refractivity contribution in [1.82, 2.24) is 10.2 Å². The molecule has 0 heterocycles. The van der Waals surface area contributed by atoms with Gasteiger partial charge in [0, 0.05) is 40.6 Å². The van der Waals surface area contributed by atoms with Crippen molar-refractivity contribution in [1.29, 1.82) is 0 Å². The van der Waals surface area contributed by atoms with Crippen molar-refractivity contribution in [2.24, 2.45) is 0 Å². The van der Waals surface area contributed by atoms with Gasteiger partial charge >= 0.3 is 0 Å². The van der Waals surface area contributed by atoms with Crippen LogP contribution in [0.25, 0.3) is 0 Å². The van der Waals surface area contributed by atoms with Crippen LogP contribution in [0.4, 0.5) is 0 Å². The van der Waals surface area contributed by atoms with Gasteiger partial charge < -0.3 is 10.2 Å². The lowest BCUT2D eigenvalue weighted by atomic mass is 10.0. The first kappa shape index (κ1) is 26.8. The van der Waals surface area contributed by atoms with Crippen LogP contribution in [0.2, 0.25) is 5.02 Å². The molecule has 2 amide bonds. The molecule has 6 heteroatoms. The molecule has 3 rings (SSSR count). The van der Waals surface area contributed by atoms with Crippen LogP contribution in [0, 0.1) is 0 Å². The number of nitrogens with one attached hydrogen (secondary N) is 1. The standard InChI is InChI=1S/C29H33ClN2O2S/c1-29(2,3)31-28(34)26(20-22-12-6-4-7-13-22)32(21-23-14-10-11-17-25(23)30)27(33)18-19-35-24-15-8-5-9-16-24/h4-17,26H,18-21H2,1-3H3,(H,31,34). The third kappa shape index (κ3) is 8.75. The Balaban J connectivity index is 1.88. The second kappa shape index (κ2) is 12.8. The van der Waals surface area contributed by atoms with Crippen LogP contribution in [0.3, 0.4) is 0 Å². The van der Waals surface area contributed by atoms with E-state index >= 15 is 0 Å². The molecule has 3 aromatic rings. The molecular formula is C29H33ClN2O2S. The lowest BCUT2D eigenvalue weighted by Crippen LogP contribution is -2.54. The van der Waals surface area contributed by atoms with Gasteiger partial charge in [0.15, 0.2) is 0 Å². The molecule has 1 N–H and O–H groups in total. The monoisotopic (exact) mass is 508 g/mol. The molecule has 0 aliphatic carbocycles. The molecule has 0 saturated heterocycles. The van der Waals surface area contributed by atoms with Crippen molar-refractivity contribution in [3.8, 4) is 0 Å². The first-order valence-electron chi connectivity index (χ1n) is 11.8. The summed E-state index contributed by atoms with van der Waals surface area (Å²) in [5, 5.41) is 3.67. The first-order chi connectivity index (χ1) is 16.7. The van der Waals surface area contributed by atoms with Gasteiger partial charge in [-0.05, 0) is 50.1 Å². The summed E-state index contributed by atoms with van der Waals surface area (Å²) in [6.07, 6.45) is 0.739. The predicted octanol–water partition coefficient (Wildman–Crippen LogP) is 6.38. The number of amides is 2. The molecular weight excluding hydrogens is 476 g/mol. The van der Waals surface area contributed by atoms with E-state index < -0.39 is 11.6 Å². The fourth-order valence-corrected chi connectivity index (χ4v) is 4.79. The minimum absolute atomic E-state index is 0.0710. The van der Waals surface area contributed by atoms with E-state index in [0.717, 1.165) is 16.0 Å². The highest BCUT2D eigenvalue weighted by atomic mass is 35.5. The maximum atomic E-state index is 13.6. The van der Waals surface area contributed by atoms with Crippen LogP contribution in [0.1, 0.15) is 38.3 Å². The van der Waals surface area contributed by atoms with E-state index in [1.807, 2.05) is 106 Å². The van der Waals surface area contributed by atoms with Gasteiger partial charge in [-0.3, -0.25) is 9.59 Å². The Morgan fingerprint density at radius 1 is 0.914 bits per heavy atom. The summed E-state index contributed by atoms with van der Waals surface area (Å²) in [7, 11) is 0. The highest BCUT2D eigenvalue weighted by molar-refractivity contribution is 7.99. The van der Waals surface area contributed by atoms with Crippen molar-refractivity contribution in [3.63, 3.8) is 0 Å². The zero-order chi connectivity index (χ0) is 25.3. The predicted molar refractivity (Wildman–Crippen MR) is 146 cm³/mol. The Hall–Kier alpha value is -2.76. The Bertz CT molecular complexity index is 1100. The summed E-state index contributed by atoms with van der Waals surface area (Å²) in [5.41, 5.74) is 1.39. The van der Waals surface area contributed by atoms with Gasteiger partial charge in [0.2, 0.25) is 11.8 Å². The fourth-order valence-electron chi connectivity index (χ4n) is 3.73. The molecule has 0 aliphatic rings. The van der Waals surface area contributed by atoms with E-state index in [1.165, 1.54) is 0 Å². The average Bonchev–Trinajstić information content (AvgIpc) is 2.82. The summed E-state index contributed by atoms with van der Waals surface area (Å²) in [4.78, 5) is 30.0. The number of rotatable bonds is 10. The number of hydrogen-bond acceptors (Lipinski definition) is 3. The Morgan fingerprint density at radius 3 is 2.14 bits per heavy atom. The molecule has 0 spiro atoms. The normalized spacial score (nSPS) is 12.1. The van der Waals surface area contributed by atoms with Crippen LogP contribution in [-0.4, -0.2) is 34.0 Å². The topological polar surface area (TPSA) is 49.4 Å². The van der Waals surface area contributed by atoms with E-state index in [9.17, 15) is 9.59 Å². The highest BCUT2D eigenvalue weighted by Crippen LogP contribution is 2.23. The molecule has 1 unspecified atom stereocenters. The van der Waals surface area contributed by atoms with E-state index in [2.05, 4.69) is 5.32 Å². The van der Waals surface area contributed by atoms with E-state index in [4.69, 9.17) is 11.6 Å². The van der Waals surface area contributed by atoms with Crippen LogP contribution >= 0.6 is 23.4 Å². The second-order valence-electron chi connectivity index (χ2n) is 9.47. The molecule has 0 saturated carbocycles. The highest BCUT2D eigenvalue weighted by Gasteiger charge is 2.32. The van der Waals surface area contributed by atoms with Crippen LogP contribution < -0.4 is 5.32 Å². The van der Waals surface area contributed by atoms with Crippen LogP contribution in [-0.2, 0) is 22.6 Å². The molecule has 184 valence electrons. The summed E-state index contributed by atoms with van der Waals surface area (Å²) < 4.78 is 0. The van der Waals surface area contributed by atoms with E-state index in [-0.39, 0.29) is 18.4 Å². The number of thioether (sulfide) groups is 1. The maximum absolute atomic E-state index is 13.6. The Labute approximate surface area is 218 Å². The Morgan fingerprint density at radius 2 is 1.51 bits per heavy atom. The van der Waals surface area contributed by atoms with Crippen LogP contribution in [0.5, 0.6) is 0 Å². The Kier molecular flexibility index (Phi) is 9.82. The minimum Gasteiger partial charge on any atom is -0.350 e. The molecule has 0 fully saturated rings. The largest absolute Gasteiger partial charge is 0.350 e. The third-order valence-electron chi connectivity index (χ3n) is 5.40. The van der Waals surface area contributed by atoms with Gasteiger partial charge in [0.05, 0.1) is 0 Å². The van der Waals surface area contributed by atoms with E-state index in [1.54, 1.807) is 16.7 Å². The van der Waals surface area contributed by atoms with Crippen molar-refractivity contribution in [3.05, 3.63) is 101 Å². The second-order valence-corrected chi connectivity index (χ2v) is 11.0. The van der Waals surface area contributed by atoms with Gasteiger partial charge in [-0.25, -0.2) is 0 Å². The fraction of sp³-hybridized carbons (Fsp3) is 0.310. The third-order valence-corrected chi connectivity index (χ3v) is 6.78. The van der Waals surface area contributed by atoms with Crippen molar-refractivity contribution in [2.45, 2.75) is 56.6 Å². The van der Waals surface area contributed by atoms with Crippen molar-refractivity contribution < 1.29 is 9.59 Å². The SMILES string of the molecule is CC(C)(C)NC(=O)C(Cc1ccccc1)N(Cc1ccccc1Cl)C(=O)CCSc1ccccc1. The molecule has 0 aliphatic heterocycles. The zero-order valence-electron chi connectivity index (χ0n) is 20.5. The van der Waals surface area contributed by atoms with E-state index in [0.29, 0.717) is 23.6 Å². The lowest BCUT2D eigenvalue weighted by Gasteiger charge is -2.34. The van der Waals surface area contributed by atoms with Crippen molar-refractivity contribution in [2.75, 3.05) is 5.75 Å². The van der Waals surface area contributed by atoms with Gasteiger partial charge in [0.25, 0.3) is 0 Å². The zero-order valence-corrected chi connectivity index (χ0v) is 22.1. The molecule has 0 bridgehead atoms. The van der Waals surface area contributed by atoms with Gasteiger partial charge in [-0.2, -0.15) is 0 Å². The van der Waals surface area contributed by atoms with Crippen LogP contribution in [0.15, 0.2) is 89.8 Å². The minimum atomic E-state index is -0.665. The quantitative estimate of drug-likeness (QED) is 0.323. The van der Waals surface area contributed by atoms with Gasteiger partial charge in [-0.15, -0.1) is 11.8 Å². The lowest BCUT2D eigenvalue weighted by molar-refractivity contribution is -0.141. The number of nitrogens with zero attached hydrogens (tertiary/aromatic N) is 1. The van der Waals surface area contributed by atoms with Crippen molar-refractivity contribution >= 4 is 35.2 Å². The smallest absolute Gasteiger partial charge is 0.243 e. The number of halogens is 1. The number of benzene rings is 3. The number of hydrogen-bond donors (Lipinski definition) is 1. The molecule has 35 heavy (non-hydrogen) atoms. The summed E-state index contributed by atoms with van der Waals surface area (Å²) in [6.45, 7) is 6.10. The molecule has 1 atom stereocenters. The maximum Gasteiger partial charge on any atom is 0.243 e. The number of carbonyl (C=O) groups is 2. The van der Waals surface area contributed by atoms with Gasteiger partial charge in [-0.1, -0.05) is 78.3 Å². The summed E-state index contributed by atoms with van der Waals surface area (Å²) >= 11 is 8.10. The molecule has 4 nitrogen and oxygen atoms in total. The average molecular weight is 509 g/mol. The number of carbonyl (C=O) groups excluding carboxylic acids is 2. The summed E-state index contributed by atoms with van der Waals surface area (Å²) in [6, 6.07) is 26.6. The molecule has 3 aromatic carbocycles. The first-order valence-corrected chi connectivity index (χ1v) is 13.2.